The summed E-state index contributed by atoms with van der Waals surface area (Å²) >= 11 is 4.60. The Morgan fingerprint density at radius 1 is 1.45 bits per heavy atom. The lowest BCUT2D eigenvalue weighted by atomic mass is 9.91. The molecule has 4 heteroatoms. The van der Waals surface area contributed by atoms with Crippen LogP contribution in [0.4, 0.5) is 0 Å². The van der Waals surface area contributed by atoms with E-state index in [9.17, 15) is 0 Å². The molecule has 0 aromatic carbocycles. The second-order valence-electron chi connectivity index (χ2n) is 3.42. The summed E-state index contributed by atoms with van der Waals surface area (Å²) < 4.78 is 0. The van der Waals surface area contributed by atoms with E-state index in [-0.39, 0.29) is 10.5 Å². The Labute approximate surface area is 73.0 Å². The van der Waals surface area contributed by atoms with Crippen LogP contribution in [0.2, 0.25) is 0 Å². The van der Waals surface area contributed by atoms with Crippen LogP contribution < -0.4 is 11.2 Å². The van der Waals surface area contributed by atoms with Crippen LogP contribution in [0, 0.1) is 5.41 Å². The Morgan fingerprint density at radius 2 is 1.91 bits per heavy atom. The highest BCUT2D eigenvalue weighted by Gasteiger charge is 2.13. The average Bonchev–Trinajstić information content (AvgIpc) is 1.80. The van der Waals surface area contributed by atoms with Gasteiger partial charge in [0.1, 0.15) is 0 Å². The fourth-order valence-electron chi connectivity index (χ4n) is 0.307. The van der Waals surface area contributed by atoms with E-state index >= 15 is 0 Å². The number of nitrogens with zero attached hydrogens (tertiary/aromatic N) is 1. The Balaban J connectivity index is 4.12. The predicted molar refractivity (Wildman–Crippen MR) is 52.5 cm³/mol. The van der Waals surface area contributed by atoms with Crippen molar-refractivity contribution < 1.29 is 0 Å². The van der Waals surface area contributed by atoms with Crippen LogP contribution in [0.5, 0.6) is 0 Å². The van der Waals surface area contributed by atoms with Crippen molar-refractivity contribution in [3.05, 3.63) is 0 Å². The average molecular weight is 173 g/mol. The molecule has 0 saturated carbocycles. The molecule has 64 valence electrons. The molecular formula is C7H15N3S. The molecule has 3 N–H and O–H groups in total. The van der Waals surface area contributed by atoms with Gasteiger partial charge in [0.25, 0.3) is 0 Å². The van der Waals surface area contributed by atoms with E-state index in [1.807, 2.05) is 6.92 Å². The highest BCUT2D eigenvalue weighted by Crippen LogP contribution is 2.14. The number of rotatable bonds is 1. The molecule has 0 heterocycles. The molecule has 11 heavy (non-hydrogen) atoms. The molecule has 0 rings (SSSR count). The second-order valence-corrected chi connectivity index (χ2v) is 3.86. The highest BCUT2D eigenvalue weighted by molar-refractivity contribution is 7.80. The zero-order valence-corrected chi connectivity index (χ0v) is 8.25. The molecule has 3 nitrogen and oxygen atoms in total. The third-order valence-electron chi connectivity index (χ3n) is 1.42. The Morgan fingerprint density at radius 3 is 2.18 bits per heavy atom. The summed E-state index contributed by atoms with van der Waals surface area (Å²) in [4.78, 5) is 0. The van der Waals surface area contributed by atoms with Crippen LogP contribution in [-0.4, -0.2) is 10.8 Å². The Kier molecular flexibility index (Phi) is 3.45. The first-order valence-electron chi connectivity index (χ1n) is 3.44. The molecule has 0 aliphatic heterocycles. The van der Waals surface area contributed by atoms with Gasteiger partial charge in [-0.25, -0.2) is 0 Å². The van der Waals surface area contributed by atoms with E-state index in [1.54, 1.807) is 0 Å². The summed E-state index contributed by atoms with van der Waals surface area (Å²) in [6.07, 6.45) is 0. The van der Waals surface area contributed by atoms with Crippen LogP contribution in [0.3, 0.4) is 0 Å². The first-order valence-corrected chi connectivity index (χ1v) is 3.85. The molecule has 0 unspecified atom stereocenters. The third-order valence-corrected chi connectivity index (χ3v) is 1.51. The lowest BCUT2D eigenvalue weighted by molar-refractivity contribution is 0.583. The van der Waals surface area contributed by atoms with E-state index in [0.29, 0.717) is 0 Å². The van der Waals surface area contributed by atoms with E-state index < -0.39 is 0 Å². The molecule has 0 aromatic rings. The summed E-state index contributed by atoms with van der Waals surface area (Å²) in [5, 5.41) is 4.20. The molecule has 0 atom stereocenters. The van der Waals surface area contributed by atoms with Crippen LogP contribution in [-0.2, 0) is 0 Å². The molecular weight excluding hydrogens is 158 g/mol. The highest BCUT2D eigenvalue weighted by atomic mass is 32.1. The molecule has 0 aliphatic rings. The maximum absolute atomic E-state index is 5.20. The van der Waals surface area contributed by atoms with Gasteiger partial charge in [0, 0.05) is 11.1 Å². The third kappa shape index (κ3) is 4.72. The smallest absolute Gasteiger partial charge is 0.184 e. The number of hydrogen-bond acceptors (Lipinski definition) is 2. The van der Waals surface area contributed by atoms with Gasteiger partial charge in [-0.3, -0.25) is 5.43 Å². The summed E-state index contributed by atoms with van der Waals surface area (Å²) in [5.41, 5.74) is 8.79. The maximum Gasteiger partial charge on any atom is 0.184 e. The summed E-state index contributed by atoms with van der Waals surface area (Å²) in [6, 6.07) is 0. The van der Waals surface area contributed by atoms with Gasteiger partial charge in [0.15, 0.2) is 5.11 Å². The SMILES string of the molecule is C/C(=N\NC(N)=S)C(C)(C)C. The Hall–Kier alpha value is -0.640. The van der Waals surface area contributed by atoms with Crippen LogP contribution in [0.25, 0.3) is 0 Å². The number of nitrogens with one attached hydrogen (secondary N) is 1. The van der Waals surface area contributed by atoms with Crippen molar-refractivity contribution in [2.24, 2.45) is 16.3 Å². The van der Waals surface area contributed by atoms with E-state index in [4.69, 9.17) is 5.73 Å². The van der Waals surface area contributed by atoms with Crippen molar-refractivity contribution >= 4 is 23.0 Å². The molecule has 0 spiro atoms. The van der Waals surface area contributed by atoms with Crippen molar-refractivity contribution in [1.29, 1.82) is 0 Å². The van der Waals surface area contributed by atoms with Gasteiger partial charge in [-0.1, -0.05) is 20.8 Å². The van der Waals surface area contributed by atoms with Gasteiger partial charge < -0.3 is 5.73 Å². The minimum absolute atomic E-state index is 0.0672. The lowest BCUT2D eigenvalue weighted by Gasteiger charge is -2.17. The quantitative estimate of drug-likeness (QED) is 0.356. The van der Waals surface area contributed by atoms with Crippen LogP contribution in [0.15, 0.2) is 5.10 Å². The second kappa shape index (κ2) is 3.67. The number of hydrogen-bond donors (Lipinski definition) is 2. The van der Waals surface area contributed by atoms with Crippen molar-refractivity contribution in [2.45, 2.75) is 27.7 Å². The van der Waals surface area contributed by atoms with Crippen LogP contribution in [0.1, 0.15) is 27.7 Å². The van der Waals surface area contributed by atoms with Crippen molar-refractivity contribution in [1.82, 2.24) is 5.43 Å². The largest absolute Gasteiger partial charge is 0.375 e. The minimum Gasteiger partial charge on any atom is -0.375 e. The molecule has 0 radical (unpaired) electrons. The van der Waals surface area contributed by atoms with Crippen molar-refractivity contribution in [3.8, 4) is 0 Å². The van der Waals surface area contributed by atoms with E-state index in [0.717, 1.165) is 5.71 Å². The Bertz CT molecular complexity index is 179. The first-order chi connectivity index (χ1) is 4.84. The summed E-state index contributed by atoms with van der Waals surface area (Å²) in [6.45, 7) is 8.17. The summed E-state index contributed by atoms with van der Waals surface area (Å²) in [7, 11) is 0. The lowest BCUT2D eigenvalue weighted by Crippen LogP contribution is -2.28. The minimum atomic E-state index is 0.0672. The monoisotopic (exact) mass is 173 g/mol. The van der Waals surface area contributed by atoms with Gasteiger partial charge >= 0.3 is 0 Å². The van der Waals surface area contributed by atoms with Crippen molar-refractivity contribution in [3.63, 3.8) is 0 Å². The molecule has 0 bridgehead atoms. The van der Waals surface area contributed by atoms with Gasteiger partial charge in [0.05, 0.1) is 0 Å². The standard InChI is InChI=1S/C7H15N3S/c1-5(7(2,3)4)9-10-6(8)11/h1-4H3,(H3,8,10,11)/b9-5+. The maximum atomic E-state index is 5.20. The zero-order chi connectivity index (χ0) is 9.07. The molecule has 0 aromatic heterocycles. The summed E-state index contributed by atoms with van der Waals surface area (Å²) in [5.74, 6) is 0. The fraction of sp³-hybridized carbons (Fsp3) is 0.714. The van der Waals surface area contributed by atoms with E-state index in [2.05, 4.69) is 43.5 Å². The van der Waals surface area contributed by atoms with E-state index in [1.165, 1.54) is 0 Å². The zero-order valence-electron chi connectivity index (χ0n) is 7.43. The number of thiocarbonyl (C=S) groups is 1. The van der Waals surface area contributed by atoms with Crippen LogP contribution >= 0.6 is 12.2 Å². The molecule has 0 amide bonds. The van der Waals surface area contributed by atoms with Crippen molar-refractivity contribution in [2.75, 3.05) is 0 Å². The van der Waals surface area contributed by atoms with Gasteiger partial charge in [-0.15, -0.1) is 0 Å². The molecule has 0 fully saturated rings. The number of hydrazone groups is 1. The topological polar surface area (TPSA) is 50.4 Å². The normalized spacial score (nSPS) is 12.9. The van der Waals surface area contributed by atoms with Gasteiger partial charge in [-0.2, -0.15) is 5.10 Å². The molecule has 0 saturated heterocycles. The predicted octanol–water partition coefficient (Wildman–Crippen LogP) is 1.24. The van der Waals surface area contributed by atoms with Gasteiger partial charge in [-0.05, 0) is 19.1 Å². The molecule has 0 aliphatic carbocycles. The van der Waals surface area contributed by atoms with Gasteiger partial charge in [0.2, 0.25) is 0 Å². The first kappa shape index (κ1) is 10.4. The fourth-order valence-corrected chi connectivity index (χ4v) is 0.352. The number of nitrogens with two attached hydrogens (primary N) is 1.